The summed E-state index contributed by atoms with van der Waals surface area (Å²) in [4.78, 5) is 7.20. The number of anilines is 1. The fraction of sp³-hybridized carbons (Fsp3) is 0.706. The maximum atomic E-state index is 4.81. The molecular formula is C17H29N3. The molecule has 0 amide bonds. The molecule has 20 heavy (non-hydrogen) atoms. The summed E-state index contributed by atoms with van der Waals surface area (Å²) in [6, 6.07) is 5.06. The molecule has 1 saturated carbocycles. The van der Waals surface area contributed by atoms with Crippen molar-refractivity contribution in [2.45, 2.75) is 59.0 Å². The van der Waals surface area contributed by atoms with Gasteiger partial charge in [-0.2, -0.15) is 0 Å². The highest BCUT2D eigenvalue weighted by atomic mass is 15.2. The van der Waals surface area contributed by atoms with Crippen molar-refractivity contribution in [3.8, 4) is 0 Å². The third kappa shape index (κ3) is 3.72. The standard InChI is InChI=1S/C17H29N3/c1-5-18-12-15-9-10-17(19-14(15)3)20(4)16-8-6-7-13(2)11-16/h9-10,13,16,18H,5-8,11-12H2,1-4H3. The molecule has 1 aromatic rings. The van der Waals surface area contributed by atoms with Gasteiger partial charge in [-0.1, -0.05) is 32.8 Å². The largest absolute Gasteiger partial charge is 0.357 e. The zero-order chi connectivity index (χ0) is 14.5. The third-order valence-corrected chi connectivity index (χ3v) is 4.56. The molecule has 2 unspecified atom stereocenters. The fourth-order valence-corrected chi connectivity index (χ4v) is 3.16. The number of nitrogens with zero attached hydrogens (tertiary/aromatic N) is 2. The molecule has 1 N–H and O–H groups in total. The third-order valence-electron chi connectivity index (χ3n) is 4.56. The van der Waals surface area contributed by atoms with Crippen LogP contribution in [0.25, 0.3) is 0 Å². The summed E-state index contributed by atoms with van der Waals surface area (Å²) in [5, 5.41) is 3.37. The lowest BCUT2D eigenvalue weighted by Crippen LogP contribution is -2.36. The predicted octanol–water partition coefficient (Wildman–Crippen LogP) is 3.51. The first-order valence-electron chi connectivity index (χ1n) is 8.02. The summed E-state index contributed by atoms with van der Waals surface area (Å²) < 4.78 is 0. The van der Waals surface area contributed by atoms with Crippen molar-refractivity contribution in [3.05, 3.63) is 23.4 Å². The van der Waals surface area contributed by atoms with E-state index in [9.17, 15) is 0 Å². The summed E-state index contributed by atoms with van der Waals surface area (Å²) in [6.07, 6.45) is 5.35. The predicted molar refractivity (Wildman–Crippen MR) is 86.2 cm³/mol. The first-order chi connectivity index (χ1) is 9.61. The Hall–Kier alpha value is -1.09. The van der Waals surface area contributed by atoms with Gasteiger partial charge in [0, 0.05) is 25.3 Å². The SMILES string of the molecule is CCNCc1ccc(N(C)C2CCCC(C)C2)nc1C. The van der Waals surface area contributed by atoms with Gasteiger partial charge in [0.15, 0.2) is 0 Å². The molecule has 1 aliphatic rings. The number of hydrogen-bond acceptors (Lipinski definition) is 3. The van der Waals surface area contributed by atoms with Gasteiger partial charge >= 0.3 is 0 Å². The van der Waals surface area contributed by atoms with Crippen LogP contribution in [-0.4, -0.2) is 24.6 Å². The Balaban J connectivity index is 2.06. The molecule has 2 rings (SSSR count). The second-order valence-corrected chi connectivity index (χ2v) is 6.23. The van der Waals surface area contributed by atoms with Crippen LogP contribution in [0, 0.1) is 12.8 Å². The van der Waals surface area contributed by atoms with Gasteiger partial charge in [-0.05, 0) is 43.9 Å². The van der Waals surface area contributed by atoms with E-state index in [0.717, 1.165) is 30.5 Å². The minimum absolute atomic E-state index is 0.658. The lowest BCUT2D eigenvalue weighted by molar-refractivity contribution is 0.335. The second kappa shape index (κ2) is 7.07. The molecule has 0 spiro atoms. The molecule has 1 heterocycles. The van der Waals surface area contributed by atoms with Crippen molar-refractivity contribution in [3.63, 3.8) is 0 Å². The molecular weight excluding hydrogens is 246 g/mol. The lowest BCUT2D eigenvalue weighted by Gasteiger charge is -2.35. The molecule has 0 aliphatic heterocycles. The normalized spacial score (nSPS) is 22.8. The average Bonchev–Trinajstić information content (AvgIpc) is 2.45. The molecule has 0 aromatic carbocycles. The highest BCUT2D eigenvalue weighted by Crippen LogP contribution is 2.29. The number of nitrogens with one attached hydrogen (secondary N) is 1. The van der Waals surface area contributed by atoms with E-state index in [4.69, 9.17) is 4.98 Å². The molecule has 1 aromatic heterocycles. The fourth-order valence-electron chi connectivity index (χ4n) is 3.16. The summed E-state index contributed by atoms with van der Waals surface area (Å²) in [7, 11) is 2.20. The van der Waals surface area contributed by atoms with Gasteiger partial charge in [0.1, 0.15) is 5.82 Å². The molecule has 0 saturated heterocycles. The van der Waals surface area contributed by atoms with E-state index in [0.29, 0.717) is 6.04 Å². The van der Waals surface area contributed by atoms with Crippen LogP contribution < -0.4 is 10.2 Å². The number of aryl methyl sites for hydroxylation is 1. The van der Waals surface area contributed by atoms with E-state index >= 15 is 0 Å². The van der Waals surface area contributed by atoms with E-state index in [-0.39, 0.29) is 0 Å². The van der Waals surface area contributed by atoms with Gasteiger partial charge in [-0.3, -0.25) is 0 Å². The first kappa shape index (κ1) is 15.3. The van der Waals surface area contributed by atoms with Crippen molar-refractivity contribution in [1.82, 2.24) is 10.3 Å². The van der Waals surface area contributed by atoms with Crippen LogP contribution in [0.5, 0.6) is 0 Å². The zero-order valence-corrected chi connectivity index (χ0v) is 13.4. The van der Waals surface area contributed by atoms with E-state index in [1.807, 2.05) is 0 Å². The first-order valence-corrected chi connectivity index (χ1v) is 8.02. The molecule has 3 nitrogen and oxygen atoms in total. The Morgan fingerprint density at radius 2 is 2.15 bits per heavy atom. The van der Waals surface area contributed by atoms with Crippen molar-refractivity contribution in [2.24, 2.45) is 5.92 Å². The molecule has 1 fully saturated rings. The molecule has 0 bridgehead atoms. The summed E-state index contributed by atoms with van der Waals surface area (Å²) in [5.41, 5.74) is 2.46. The Morgan fingerprint density at radius 1 is 1.35 bits per heavy atom. The minimum atomic E-state index is 0.658. The number of aromatic nitrogens is 1. The van der Waals surface area contributed by atoms with E-state index in [1.165, 1.54) is 31.2 Å². The van der Waals surface area contributed by atoms with E-state index < -0.39 is 0 Å². The average molecular weight is 275 g/mol. The lowest BCUT2D eigenvalue weighted by atomic mass is 9.86. The van der Waals surface area contributed by atoms with Gasteiger partial charge in [0.05, 0.1) is 0 Å². The van der Waals surface area contributed by atoms with Crippen LogP contribution in [0.3, 0.4) is 0 Å². The zero-order valence-electron chi connectivity index (χ0n) is 13.4. The Bertz CT molecular complexity index is 430. The highest BCUT2D eigenvalue weighted by Gasteiger charge is 2.23. The van der Waals surface area contributed by atoms with Crippen LogP contribution in [0.2, 0.25) is 0 Å². The Labute approximate surface area is 123 Å². The Kier molecular flexibility index (Phi) is 5.41. The van der Waals surface area contributed by atoms with Crippen LogP contribution in [-0.2, 0) is 6.54 Å². The van der Waals surface area contributed by atoms with Gasteiger partial charge in [0.25, 0.3) is 0 Å². The second-order valence-electron chi connectivity index (χ2n) is 6.23. The summed E-state index contributed by atoms with van der Waals surface area (Å²) in [6.45, 7) is 8.54. The monoisotopic (exact) mass is 275 g/mol. The van der Waals surface area contributed by atoms with Crippen LogP contribution >= 0.6 is 0 Å². The van der Waals surface area contributed by atoms with Gasteiger partial charge in [0.2, 0.25) is 0 Å². The van der Waals surface area contributed by atoms with Gasteiger partial charge in [-0.25, -0.2) is 4.98 Å². The summed E-state index contributed by atoms with van der Waals surface area (Å²) in [5.74, 6) is 1.98. The van der Waals surface area contributed by atoms with Gasteiger partial charge < -0.3 is 10.2 Å². The van der Waals surface area contributed by atoms with Crippen molar-refractivity contribution in [2.75, 3.05) is 18.5 Å². The molecule has 3 heteroatoms. The van der Waals surface area contributed by atoms with Gasteiger partial charge in [-0.15, -0.1) is 0 Å². The maximum Gasteiger partial charge on any atom is 0.128 e. The van der Waals surface area contributed by atoms with E-state index in [1.54, 1.807) is 0 Å². The minimum Gasteiger partial charge on any atom is -0.357 e. The van der Waals surface area contributed by atoms with E-state index in [2.05, 4.69) is 50.2 Å². The summed E-state index contributed by atoms with van der Waals surface area (Å²) >= 11 is 0. The van der Waals surface area contributed by atoms with Crippen molar-refractivity contribution in [1.29, 1.82) is 0 Å². The van der Waals surface area contributed by atoms with Crippen LogP contribution in [0.4, 0.5) is 5.82 Å². The topological polar surface area (TPSA) is 28.2 Å². The van der Waals surface area contributed by atoms with Crippen LogP contribution in [0.1, 0.15) is 50.8 Å². The number of hydrogen-bond donors (Lipinski definition) is 1. The van der Waals surface area contributed by atoms with Crippen molar-refractivity contribution < 1.29 is 0 Å². The van der Waals surface area contributed by atoms with Crippen molar-refractivity contribution >= 4 is 5.82 Å². The Morgan fingerprint density at radius 3 is 2.80 bits per heavy atom. The highest BCUT2D eigenvalue weighted by molar-refractivity contribution is 5.42. The smallest absolute Gasteiger partial charge is 0.128 e. The quantitative estimate of drug-likeness (QED) is 0.891. The molecule has 2 atom stereocenters. The molecule has 112 valence electrons. The number of pyridine rings is 1. The maximum absolute atomic E-state index is 4.81. The van der Waals surface area contributed by atoms with Crippen LogP contribution in [0.15, 0.2) is 12.1 Å². The number of rotatable bonds is 5. The molecule has 1 aliphatic carbocycles. The molecule has 0 radical (unpaired) electrons.